The molecule has 1 atom stereocenters. The Morgan fingerprint density at radius 1 is 1.07 bits per heavy atom. The molecule has 0 amide bonds. The van der Waals surface area contributed by atoms with Crippen LogP contribution in [0.2, 0.25) is 0 Å². The van der Waals surface area contributed by atoms with Crippen LogP contribution in [-0.4, -0.2) is 42.7 Å². The molecule has 0 bridgehead atoms. The van der Waals surface area contributed by atoms with Crippen LogP contribution in [0.3, 0.4) is 0 Å². The van der Waals surface area contributed by atoms with Gasteiger partial charge in [0.15, 0.2) is 0 Å². The van der Waals surface area contributed by atoms with Crippen molar-refractivity contribution < 1.29 is 14.1 Å². The Morgan fingerprint density at radius 2 is 1.50 bits per heavy atom. The van der Waals surface area contributed by atoms with E-state index in [4.69, 9.17) is 11.6 Å². The normalized spacial score (nSPS) is 9.21. The van der Waals surface area contributed by atoms with Gasteiger partial charge in [0, 0.05) is 5.28 Å². The molecule has 1 aromatic carbocycles. The Morgan fingerprint density at radius 3 is 1.86 bits per heavy atom. The maximum atomic E-state index is 5.81. The van der Waals surface area contributed by atoms with Crippen molar-refractivity contribution in [1.82, 2.24) is 0 Å². The van der Waals surface area contributed by atoms with E-state index in [0.29, 0.717) is 0 Å². The van der Waals surface area contributed by atoms with Crippen LogP contribution in [0.15, 0.2) is 30.3 Å². The van der Waals surface area contributed by atoms with Crippen LogP contribution < -0.4 is 0 Å². The fourth-order valence-electron chi connectivity index (χ4n) is 0.939. The van der Waals surface area contributed by atoms with E-state index in [0.717, 1.165) is 6.42 Å². The Bertz CT molecular complexity index is 199. The molecule has 1 rings (SSSR count). The zero-order valence-corrected chi connectivity index (χ0v) is 8.03. The summed E-state index contributed by atoms with van der Waals surface area (Å²) in [6, 6.07) is 10.3. The van der Waals surface area contributed by atoms with E-state index < -0.39 is 0 Å². The third-order valence-electron chi connectivity index (χ3n) is 1.36. The Hall–Kier alpha value is 0.365. The first-order chi connectivity index (χ1) is 4.79. The maximum absolute atomic E-state index is 5.81. The molecule has 0 saturated heterocycles. The number of rotatable bonds is 2. The van der Waals surface area contributed by atoms with Gasteiger partial charge in [-0.15, -0.1) is 11.6 Å². The Balaban J connectivity index is -0.000000125. The summed E-state index contributed by atoms with van der Waals surface area (Å²) in [5, 5.41) is 0.238. The van der Waals surface area contributed by atoms with Crippen molar-refractivity contribution in [2.24, 2.45) is 0 Å². The average Bonchev–Trinajstić information content (AvgIpc) is 1.88. The van der Waals surface area contributed by atoms with Crippen LogP contribution in [0.5, 0.6) is 0 Å². The monoisotopic (exact) mass is 236 g/mol. The number of hydrogen-bond acceptors (Lipinski definition) is 0. The molecule has 0 aliphatic carbocycles. The van der Waals surface area contributed by atoms with E-state index in [-0.39, 0.29) is 48.9 Å². The molecule has 0 heterocycles. The zero-order chi connectivity index (χ0) is 7.40. The summed E-state index contributed by atoms with van der Waals surface area (Å²) in [6.07, 6.45) is 0.961. The van der Waals surface area contributed by atoms with Gasteiger partial charge in [0.2, 0.25) is 0 Å². The van der Waals surface area contributed by atoms with Gasteiger partial charge < -0.3 is 0 Å². The van der Waals surface area contributed by atoms with Gasteiger partial charge in [-0.2, -0.15) is 0 Å². The fraction of sp³-hybridized carbons (Fsp3) is 0.250. The summed E-state index contributed by atoms with van der Waals surface area (Å²) in [5.41, 5.74) is 1.31. The molecule has 78 valence electrons. The summed E-state index contributed by atoms with van der Waals surface area (Å²) in [6.45, 7) is 0. The van der Waals surface area contributed by atoms with E-state index in [1.807, 2.05) is 26.0 Å². The van der Waals surface area contributed by atoms with Crippen molar-refractivity contribution in [3.63, 3.8) is 0 Å². The minimum atomic E-state index is 0. The quantitative estimate of drug-likeness (QED) is 0.535. The molecule has 0 aliphatic heterocycles. The van der Waals surface area contributed by atoms with Crippen LogP contribution in [0.25, 0.3) is 0 Å². The number of halogens is 4. The van der Waals surface area contributed by atoms with E-state index in [1.165, 1.54) is 5.56 Å². The third kappa shape index (κ3) is 10.4. The van der Waals surface area contributed by atoms with Crippen molar-refractivity contribution in [3.05, 3.63) is 35.9 Å². The van der Waals surface area contributed by atoms with Crippen LogP contribution in [-0.2, 0) is 6.42 Å². The van der Waals surface area contributed by atoms with E-state index in [9.17, 15) is 0 Å². The van der Waals surface area contributed by atoms with Gasteiger partial charge >= 0.3 is 29.6 Å². The molecule has 0 aromatic heterocycles. The van der Waals surface area contributed by atoms with Gasteiger partial charge in [-0.05, 0) is 12.0 Å². The molecule has 0 radical (unpaired) electrons. The molecule has 0 fully saturated rings. The fourth-order valence-corrected chi connectivity index (χ4v) is 1.12. The zero-order valence-electron chi connectivity index (χ0n) is 7.27. The van der Waals surface area contributed by atoms with Crippen molar-refractivity contribution in [1.29, 1.82) is 0 Å². The SMILES string of the molecule is BC(Cl)Cc1ccccc1.F.F.F.[NaH]. The molecule has 0 saturated carbocycles. The number of alkyl halides is 1. The molecule has 6 heteroatoms. The van der Waals surface area contributed by atoms with E-state index in [1.54, 1.807) is 0 Å². The predicted molar refractivity (Wildman–Crippen MR) is 63.0 cm³/mol. The second-order valence-electron chi connectivity index (χ2n) is 2.47. The topological polar surface area (TPSA) is 0 Å². The van der Waals surface area contributed by atoms with Crippen LogP contribution in [0.1, 0.15) is 5.56 Å². The number of hydrogen-bond donors (Lipinski definition) is 0. The van der Waals surface area contributed by atoms with Crippen LogP contribution >= 0.6 is 11.6 Å². The molecule has 0 aliphatic rings. The second-order valence-corrected chi connectivity index (χ2v) is 3.22. The van der Waals surface area contributed by atoms with E-state index >= 15 is 0 Å². The standard InChI is InChI=1S/C8H10BCl.3FH.Na.H/c9-8(10)6-7-4-2-1-3-5-7;;;;;/h1-5,8H,6,9H2;3*1H;;. The van der Waals surface area contributed by atoms with Crippen molar-refractivity contribution >= 4 is 49.0 Å². The Labute approximate surface area is 110 Å². The number of benzene rings is 1. The van der Waals surface area contributed by atoms with Crippen LogP contribution in [0, 0.1) is 0 Å². The van der Waals surface area contributed by atoms with Crippen molar-refractivity contribution in [2.45, 2.75) is 11.7 Å². The Kier molecular flexibility index (Phi) is 22.8. The van der Waals surface area contributed by atoms with Gasteiger partial charge in [0.05, 0.1) is 0 Å². The molecule has 0 spiro atoms. The van der Waals surface area contributed by atoms with E-state index in [2.05, 4.69) is 12.1 Å². The first-order valence-electron chi connectivity index (χ1n) is 3.47. The molecule has 0 N–H and O–H groups in total. The summed E-state index contributed by atoms with van der Waals surface area (Å²) in [7, 11) is 2.01. The first kappa shape index (κ1) is 23.9. The van der Waals surface area contributed by atoms with Gasteiger partial charge in [0.1, 0.15) is 7.85 Å². The first-order valence-corrected chi connectivity index (χ1v) is 3.90. The average molecular weight is 236 g/mol. The van der Waals surface area contributed by atoms with Gasteiger partial charge in [-0.25, -0.2) is 0 Å². The second kappa shape index (κ2) is 13.4. The molecule has 1 aromatic rings. The molecular weight excluding hydrogens is 222 g/mol. The summed E-state index contributed by atoms with van der Waals surface area (Å²) in [5.74, 6) is 0. The van der Waals surface area contributed by atoms with Gasteiger partial charge in [-0.3, -0.25) is 14.1 Å². The molecule has 1 unspecified atom stereocenters. The van der Waals surface area contributed by atoms with Crippen molar-refractivity contribution in [2.75, 3.05) is 0 Å². The predicted octanol–water partition coefficient (Wildman–Crippen LogP) is 1.24. The molecular formula is C8H14BClF3Na. The summed E-state index contributed by atoms with van der Waals surface area (Å²) in [4.78, 5) is 0. The van der Waals surface area contributed by atoms with Crippen LogP contribution in [0.4, 0.5) is 14.1 Å². The van der Waals surface area contributed by atoms with Gasteiger partial charge in [0.25, 0.3) is 0 Å². The summed E-state index contributed by atoms with van der Waals surface area (Å²) < 4.78 is 0. The molecule has 14 heavy (non-hydrogen) atoms. The third-order valence-corrected chi connectivity index (χ3v) is 1.51. The molecule has 0 nitrogen and oxygen atoms in total. The van der Waals surface area contributed by atoms with Crippen molar-refractivity contribution in [3.8, 4) is 0 Å². The van der Waals surface area contributed by atoms with Gasteiger partial charge in [-0.1, -0.05) is 30.3 Å². The summed E-state index contributed by atoms with van der Waals surface area (Å²) >= 11 is 5.81. The minimum absolute atomic E-state index is 0.